The van der Waals surface area contributed by atoms with Gasteiger partial charge >= 0.3 is 0 Å². The monoisotopic (exact) mass is 152 g/mol. The highest BCUT2D eigenvalue weighted by molar-refractivity contribution is 4.89. The fraction of sp³-hybridized carbons (Fsp3) is 0.800. The van der Waals surface area contributed by atoms with Gasteiger partial charge in [-0.05, 0) is 18.8 Å². The minimum atomic E-state index is -0.131. The predicted molar refractivity (Wildman–Crippen MR) is 46.0 cm³/mol. The van der Waals surface area contributed by atoms with Gasteiger partial charge in [0, 0.05) is 6.42 Å². The molecule has 1 nitrogen and oxygen atoms in total. The average molecular weight is 152 g/mol. The van der Waals surface area contributed by atoms with E-state index in [0.29, 0.717) is 5.92 Å². The van der Waals surface area contributed by atoms with Crippen molar-refractivity contribution < 1.29 is 5.11 Å². The topological polar surface area (TPSA) is 20.2 Å². The van der Waals surface area contributed by atoms with Gasteiger partial charge < -0.3 is 5.11 Å². The smallest absolute Gasteiger partial charge is 0.0577 e. The summed E-state index contributed by atoms with van der Waals surface area (Å²) >= 11 is 0. The van der Waals surface area contributed by atoms with E-state index in [4.69, 9.17) is 6.42 Å². The van der Waals surface area contributed by atoms with Crippen molar-refractivity contribution in [3.8, 4) is 12.3 Å². The van der Waals surface area contributed by atoms with Gasteiger partial charge in [0.2, 0.25) is 0 Å². The van der Waals surface area contributed by atoms with E-state index < -0.39 is 0 Å². The van der Waals surface area contributed by atoms with Crippen molar-refractivity contribution in [2.75, 3.05) is 0 Å². The van der Waals surface area contributed by atoms with Gasteiger partial charge in [0.15, 0.2) is 0 Å². The van der Waals surface area contributed by atoms with Crippen LogP contribution in [-0.2, 0) is 0 Å². The van der Waals surface area contributed by atoms with Crippen molar-refractivity contribution in [3.63, 3.8) is 0 Å². The second kappa shape index (κ2) is 4.41. The summed E-state index contributed by atoms with van der Waals surface area (Å²) < 4.78 is 0. The van der Waals surface area contributed by atoms with Gasteiger partial charge in [-0.1, -0.05) is 19.3 Å². The lowest BCUT2D eigenvalue weighted by Crippen LogP contribution is -2.17. The molecule has 0 aromatic heterocycles. The Labute approximate surface area is 68.8 Å². The highest BCUT2D eigenvalue weighted by Crippen LogP contribution is 2.25. The molecule has 1 aliphatic rings. The predicted octanol–water partition coefficient (Wildman–Crippen LogP) is 1.95. The third-order valence-electron chi connectivity index (χ3n) is 2.50. The largest absolute Gasteiger partial charge is 0.393 e. The maximum atomic E-state index is 9.58. The first-order valence-electron chi connectivity index (χ1n) is 4.46. The molecule has 1 rings (SSSR count). The highest BCUT2D eigenvalue weighted by atomic mass is 16.3. The molecule has 0 unspecified atom stereocenters. The zero-order valence-corrected chi connectivity index (χ0v) is 6.92. The molecule has 0 bridgehead atoms. The van der Waals surface area contributed by atoms with Crippen LogP contribution in [-0.4, -0.2) is 11.2 Å². The molecule has 0 radical (unpaired) electrons. The lowest BCUT2D eigenvalue weighted by Gasteiger charge is -2.16. The first kappa shape index (κ1) is 8.62. The normalized spacial score (nSPS) is 32.4. The van der Waals surface area contributed by atoms with Crippen molar-refractivity contribution in [3.05, 3.63) is 0 Å². The van der Waals surface area contributed by atoms with Crippen molar-refractivity contribution in [1.29, 1.82) is 0 Å². The van der Waals surface area contributed by atoms with Crippen molar-refractivity contribution in [2.45, 2.75) is 44.6 Å². The zero-order valence-electron chi connectivity index (χ0n) is 6.92. The van der Waals surface area contributed by atoms with E-state index in [9.17, 15) is 5.11 Å². The molecular weight excluding hydrogens is 136 g/mol. The molecule has 0 saturated heterocycles. The summed E-state index contributed by atoms with van der Waals surface area (Å²) in [4.78, 5) is 0. The number of aliphatic hydroxyl groups is 1. The Morgan fingerprint density at radius 2 is 2.00 bits per heavy atom. The summed E-state index contributed by atoms with van der Waals surface area (Å²) in [6.07, 6.45) is 11.6. The van der Waals surface area contributed by atoms with E-state index in [0.717, 1.165) is 19.3 Å². The molecule has 0 aromatic rings. The molecule has 1 heteroatoms. The maximum Gasteiger partial charge on any atom is 0.0577 e. The summed E-state index contributed by atoms with van der Waals surface area (Å²) in [5.41, 5.74) is 0. The van der Waals surface area contributed by atoms with Crippen LogP contribution in [0.3, 0.4) is 0 Å². The first-order chi connectivity index (χ1) is 5.34. The van der Waals surface area contributed by atoms with Gasteiger partial charge in [0.1, 0.15) is 0 Å². The van der Waals surface area contributed by atoms with E-state index in [1.165, 1.54) is 19.3 Å². The molecule has 1 aliphatic carbocycles. The molecule has 1 fully saturated rings. The van der Waals surface area contributed by atoms with Crippen LogP contribution < -0.4 is 0 Å². The van der Waals surface area contributed by atoms with E-state index in [2.05, 4.69) is 5.92 Å². The summed E-state index contributed by atoms with van der Waals surface area (Å²) in [6.45, 7) is 0. The van der Waals surface area contributed by atoms with Crippen LogP contribution in [0.2, 0.25) is 0 Å². The Hall–Kier alpha value is -0.480. The highest BCUT2D eigenvalue weighted by Gasteiger charge is 2.19. The fourth-order valence-corrected chi connectivity index (χ4v) is 1.75. The number of aliphatic hydroxyl groups excluding tert-OH is 1. The van der Waals surface area contributed by atoms with E-state index in [-0.39, 0.29) is 6.10 Å². The standard InChI is InChI=1S/C10H16O/c1-2-6-9-7-4-3-5-8-10(9)11/h1,9-11H,3-8H2/t9-,10-/m1/s1. The Morgan fingerprint density at radius 3 is 2.73 bits per heavy atom. The minimum Gasteiger partial charge on any atom is -0.393 e. The van der Waals surface area contributed by atoms with Gasteiger partial charge in [-0.25, -0.2) is 0 Å². The van der Waals surface area contributed by atoms with Crippen LogP contribution in [0, 0.1) is 18.3 Å². The SMILES string of the molecule is C#CC[C@@H]1CCCCC[C@H]1O. The summed E-state index contributed by atoms with van der Waals surface area (Å²) in [5.74, 6) is 3.01. The molecule has 62 valence electrons. The van der Waals surface area contributed by atoms with E-state index in [1.807, 2.05) is 0 Å². The molecular formula is C10H16O. The Balaban J connectivity index is 2.40. The number of rotatable bonds is 1. The molecule has 0 aliphatic heterocycles. The number of hydrogen-bond acceptors (Lipinski definition) is 1. The molecule has 1 N–H and O–H groups in total. The molecule has 2 atom stereocenters. The van der Waals surface area contributed by atoms with Crippen LogP contribution in [0.4, 0.5) is 0 Å². The van der Waals surface area contributed by atoms with E-state index in [1.54, 1.807) is 0 Å². The number of hydrogen-bond donors (Lipinski definition) is 1. The zero-order chi connectivity index (χ0) is 8.10. The quantitative estimate of drug-likeness (QED) is 0.450. The first-order valence-corrected chi connectivity index (χ1v) is 4.46. The fourth-order valence-electron chi connectivity index (χ4n) is 1.75. The van der Waals surface area contributed by atoms with Gasteiger partial charge in [0.25, 0.3) is 0 Å². The van der Waals surface area contributed by atoms with Gasteiger partial charge in [-0.3, -0.25) is 0 Å². The van der Waals surface area contributed by atoms with Crippen molar-refractivity contribution in [2.24, 2.45) is 5.92 Å². The van der Waals surface area contributed by atoms with Crippen molar-refractivity contribution in [1.82, 2.24) is 0 Å². The van der Waals surface area contributed by atoms with Gasteiger partial charge in [0.05, 0.1) is 6.10 Å². The van der Waals surface area contributed by atoms with Crippen LogP contribution in [0.15, 0.2) is 0 Å². The lowest BCUT2D eigenvalue weighted by molar-refractivity contribution is 0.103. The average Bonchev–Trinajstić information content (AvgIpc) is 2.18. The van der Waals surface area contributed by atoms with Crippen LogP contribution in [0.1, 0.15) is 38.5 Å². The molecule has 11 heavy (non-hydrogen) atoms. The second-order valence-corrected chi connectivity index (χ2v) is 3.37. The van der Waals surface area contributed by atoms with Crippen LogP contribution in [0.25, 0.3) is 0 Å². The Bertz CT molecular complexity index is 145. The summed E-state index contributed by atoms with van der Waals surface area (Å²) in [5, 5.41) is 9.58. The lowest BCUT2D eigenvalue weighted by atomic mass is 9.94. The number of terminal acetylenes is 1. The van der Waals surface area contributed by atoms with Crippen molar-refractivity contribution >= 4 is 0 Å². The van der Waals surface area contributed by atoms with Gasteiger partial charge in [-0.2, -0.15) is 0 Å². The molecule has 1 saturated carbocycles. The van der Waals surface area contributed by atoms with Gasteiger partial charge in [-0.15, -0.1) is 12.3 Å². The minimum absolute atomic E-state index is 0.131. The maximum absolute atomic E-state index is 9.58. The summed E-state index contributed by atoms with van der Waals surface area (Å²) in [6, 6.07) is 0. The molecule has 0 aromatic carbocycles. The molecule has 0 heterocycles. The van der Waals surface area contributed by atoms with Crippen LogP contribution >= 0.6 is 0 Å². The van der Waals surface area contributed by atoms with Crippen LogP contribution in [0.5, 0.6) is 0 Å². The Morgan fingerprint density at radius 1 is 1.27 bits per heavy atom. The molecule has 0 spiro atoms. The van der Waals surface area contributed by atoms with E-state index >= 15 is 0 Å². The third-order valence-corrected chi connectivity index (χ3v) is 2.50. The third kappa shape index (κ3) is 2.55. The molecule has 0 amide bonds. The summed E-state index contributed by atoms with van der Waals surface area (Å²) in [7, 11) is 0. The Kier molecular flexibility index (Phi) is 3.45. The second-order valence-electron chi connectivity index (χ2n) is 3.37.